The molecule has 5 heteroatoms. The molecule has 112 valence electrons. The van der Waals surface area contributed by atoms with Crippen LogP contribution in [0, 0.1) is 5.92 Å². The molecule has 1 aromatic carbocycles. The molecule has 1 aliphatic rings. The lowest BCUT2D eigenvalue weighted by atomic mass is 10.1. The van der Waals surface area contributed by atoms with E-state index in [1.165, 1.54) is 0 Å². The molecule has 3 N–H and O–H groups in total. The van der Waals surface area contributed by atoms with Gasteiger partial charge in [0.15, 0.2) is 0 Å². The monoisotopic (exact) mass is 286 g/mol. The maximum Gasteiger partial charge on any atom is 0.270 e. The highest BCUT2D eigenvalue weighted by Crippen LogP contribution is 2.25. The van der Waals surface area contributed by atoms with Gasteiger partial charge in [0, 0.05) is 24.5 Å². The highest BCUT2D eigenvalue weighted by atomic mass is 16.2. The molecule has 0 spiro atoms. The number of benzene rings is 1. The van der Waals surface area contributed by atoms with Crippen LogP contribution < -0.4 is 5.73 Å². The second-order valence-electron chi connectivity index (χ2n) is 6.21. The largest absolute Gasteiger partial charge is 0.397 e. The van der Waals surface area contributed by atoms with E-state index in [0.717, 1.165) is 24.0 Å². The van der Waals surface area contributed by atoms with E-state index < -0.39 is 0 Å². The van der Waals surface area contributed by atoms with Crippen LogP contribution >= 0.6 is 0 Å². The van der Waals surface area contributed by atoms with Crippen molar-refractivity contribution in [2.45, 2.75) is 13.0 Å². The van der Waals surface area contributed by atoms with E-state index in [0.29, 0.717) is 23.3 Å². The average Bonchev–Trinajstić information content (AvgIpc) is 3.02. The Labute approximate surface area is 124 Å². The van der Waals surface area contributed by atoms with E-state index in [-0.39, 0.29) is 5.91 Å². The van der Waals surface area contributed by atoms with Crippen LogP contribution in [0.15, 0.2) is 24.3 Å². The van der Waals surface area contributed by atoms with Crippen molar-refractivity contribution >= 4 is 22.5 Å². The van der Waals surface area contributed by atoms with Crippen LogP contribution in [0.25, 0.3) is 10.9 Å². The number of aromatic amines is 1. The topological polar surface area (TPSA) is 65.4 Å². The summed E-state index contributed by atoms with van der Waals surface area (Å²) >= 11 is 0. The Kier molecular flexibility index (Phi) is 3.37. The Bertz CT molecular complexity index is 676. The first-order chi connectivity index (χ1) is 9.97. The van der Waals surface area contributed by atoms with Crippen molar-refractivity contribution < 1.29 is 4.79 Å². The number of likely N-dealkylation sites (N-methyl/N-ethyl adjacent to an activating group) is 1. The number of carbonyl (C=O) groups is 1. The number of aromatic nitrogens is 1. The zero-order chi connectivity index (χ0) is 15.1. The summed E-state index contributed by atoms with van der Waals surface area (Å²) < 4.78 is 0. The number of para-hydroxylation sites is 1. The Morgan fingerprint density at radius 1 is 1.38 bits per heavy atom. The Hall–Kier alpha value is -2.01. The number of amides is 1. The molecule has 3 rings (SSSR count). The van der Waals surface area contributed by atoms with E-state index in [9.17, 15) is 4.79 Å². The van der Waals surface area contributed by atoms with Gasteiger partial charge >= 0.3 is 0 Å². The third-order valence-corrected chi connectivity index (χ3v) is 4.44. The number of anilines is 1. The summed E-state index contributed by atoms with van der Waals surface area (Å²) in [5, 5.41) is 0.981. The summed E-state index contributed by atoms with van der Waals surface area (Å²) in [6.45, 7) is 3.77. The van der Waals surface area contributed by atoms with Crippen LogP contribution in [0.3, 0.4) is 0 Å². The molecule has 1 saturated heterocycles. The first kappa shape index (κ1) is 13.9. The van der Waals surface area contributed by atoms with Crippen LogP contribution in [-0.4, -0.2) is 53.9 Å². The lowest BCUT2D eigenvalue weighted by Crippen LogP contribution is -2.35. The molecule has 0 bridgehead atoms. The fourth-order valence-electron chi connectivity index (χ4n) is 3.25. The highest BCUT2D eigenvalue weighted by molar-refractivity contribution is 6.00. The Morgan fingerprint density at radius 3 is 2.76 bits per heavy atom. The van der Waals surface area contributed by atoms with Gasteiger partial charge in [-0.3, -0.25) is 4.79 Å². The second-order valence-corrected chi connectivity index (χ2v) is 6.21. The minimum absolute atomic E-state index is 0.0572. The molecule has 2 heterocycles. The number of likely N-dealkylation sites (tertiary alicyclic amines) is 1. The highest BCUT2D eigenvalue weighted by Gasteiger charge is 2.34. The molecule has 1 fully saturated rings. The number of nitrogens with zero attached hydrogens (tertiary/aromatic N) is 2. The van der Waals surface area contributed by atoms with Crippen LogP contribution in [0.4, 0.5) is 5.69 Å². The Morgan fingerprint density at radius 2 is 2.14 bits per heavy atom. The molecule has 0 saturated carbocycles. The molecule has 0 aliphatic carbocycles. The van der Waals surface area contributed by atoms with Gasteiger partial charge < -0.3 is 20.5 Å². The molecule has 2 atom stereocenters. The standard InChI is InChI=1S/C16H22N4O/c1-10-8-20(9-14(10)19(2)3)16(21)13-7-11-5-4-6-12(17)15(11)18-13/h4-7,10,14,18H,8-9,17H2,1-3H3. The first-order valence-electron chi connectivity index (χ1n) is 7.30. The summed E-state index contributed by atoms with van der Waals surface area (Å²) in [6.07, 6.45) is 0. The number of hydrogen-bond acceptors (Lipinski definition) is 3. The van der Waals surface area contributed by atoms with Crippen LogP contribution in [0.1, 0.15) is 17.4 Å². The predicted octanol–water partition coefficient (Wildman–Crippen LogP) is 1.77. The van der Waals surface area contributed by atoms with Crippen molar-refractivity contribution in [3.05, 3.63) is 30.0 Å². The van der Waals surface area contributed by atoms with E-state index in [4.69, 9.17) is 5.73 Å². The number of H-pyrrole nitrogens is 1. The Balaban J connectivity index is 1.86. The van der Waals surface area contributed by atoms with Gasteiger partial charge in [-0.1, -0.05) is 19.1 Å². The summed E-state index contributed by atoms with van der Waals surface area (Å²) in [4.78, 5) is 20.0. The number of nitrogen functional groups attached to an aromatic ring is 1. The van der Waals surface area contributed by atoms with Crippen LogP contribution in [0.5, 0.6) is 0 Å². The van der Waals surface area contributed by atoms with Gasteiger partial charge in [0.25, 0.3) is 5.91 Å². The van der Waals surface area contributed by atoms with E-state index >= 15 is 0 Å². The summed E-state index contributed by atoms with van der Waals surface area (Å²) in [5.74, 6) is 0.542. The SMILES string of the molecule is CC1CN(C(=O)c2cc3cccc(N)c3[nH]2)CC1N(C)C. The smallest absolute Gasteiger partial charge is 0.270 e. The van der Waals surface area contributed by atoms with Crippen molar-refractivity contribution in [2.75, 3.05) is 32.9 Å². The molecular weight excluding hydrogens is 264 g/mol. The maximum atomic E-state index is 12.7. The lowest BCUT2D eigenvalue weighted by molar-refractivity contribution is 0.0776. The van der Waals surface area contributed by atoms with E-state index in [1.54, 1.807) is 0 Å². The van der Waals surface area contributed by atoms with E-state index in [2.05, 4.69) is 30.9 Å². The number of nitrogens with one attached hydrogen (secondary N) is 1. The molecule has 5 nitrogen and oxygen atoms in total. The van der Waals surface area contributed by atoms with Crippen molar-refractivity contribution in [3.8, 4) is 0 Å². The number of hydrogen-bond donors (Lipinski definition) is 2. The second kappa shape index (κ2) is 5.07. The third-order valence-electron chi connectivity index (χ3n) is 4.44. The number of rotatable bonds is 2. The first-order valence-corrected chi connectivity index (χ1v) is 7.30. The van der Waals surface area contributed by atoms with Crippen molar-refractivity contribution in [1.29, 1.82) is 0 Å². The van der Waals surface area contributed by atoms with Gasteiger partial charge in [0.05, 0.1) is 11.2 Å². The fourth-order valence-corrected chi connectivity index (χ4v) is 3.25. The third kappa shape index (κ3) is 2.38. The summed E-state index contributed by atoms with van der Waals surface area (Å²) in [6, 6.07) is 8.02. The molecule has 1 aliphatic heterocycles. The van der Waals surface area contributed by atoms with Crippen molar-refractivity contribution in [3.63, 3.8) is 0 Å². The molecule has 2 unspecified atom stereocenters. The minimum atomic E-state index is 0.0572. The zero-order valence-electron chi connectivity index (χ0n) is 12.8. The molecule has 21 heavy (non-hydrogen) atoms. The minimum Gasteiger partial charge on any atom is -0.397 e. The van der Waals surface area contributed by atoms with Crippen molar-refractivity contribution in [1.82, 2.24) is 14.8 Å². The average molecular weight is 286 g/mol. The summed E-state index contributed by atoms with van der Waals surface area (Å²) in [7, 11) is 4.14. The normalized spacial score (nSPS) is 22.4. The number of nitrogens with two attached hydrogens (primary N) is 1. The lowest BCUT2D eigenvalue weighted by Gasteiger charge is -2.22. The van der Waals surface area contributed by atoms with Gasteiger partial charge in [0.1, 0.15) is 5.69 Å². The molecule has 1 aromatic heterocycles. The fraction of sp³-hybridized carbons (Fsp3) is 0.438. The van der Waals surface area contributed by atoms with Gasteiger partial charge in [-0.15, -0.1) is 0 Å². The van der Waals surface area contributed by atoms with Gasteiger partial charge in [-0.05, 0) is 32.1 Å². The van der Waals surface area contributed by atoms with Gasteiger partial charge in [-0.2, -0.15) is 0 Å². The van der Waals surface area contributed by atoms with Crippen LogP contribution in [0.2, 0.25) is 0 Å². The van der Waals surface area contributed by atoms with Crippen LogP contribution in [-0.2, 0) is 0 Å². The van der Waals surface area contributed by atoms with Gasteiger partial charge in [-0.25, -0.2) is 0 Å². The van der Waals surface area contributed by atoms with E-state index in [1.807, 2.05) is 29.2 Å². The molecule has 1 amide bonds. The number of carbonyl (C=O) groups excluding carboxylic acids is 1. The maximum absolute atomic E-state index is 12.7. The van der Waals surface area contributed by atoms with Crippen molar-refractivity contribution in [2.24, 2.45) is 5.92 Å². The molecule has 0 radical (unpaired) electrons. The zero-order valence-corrected chi connectivity index (χ0v) is 12.8. The van der Waals surface area contributed by atoms with Gasteiger partial charge in [0.2, 0.25) is 0 Å². The summed E-state index contributed by atoms with van der Waals surface area (Å²) in [5.41, 5.74) is 8.08. The molecule has 2 aromatic rings. The molecular formula is C16H22N4O. The number of fused-ring (bicyclic) bond motifs is 1. The predicted molar refractivity (Wildman–Crippen MR) is 85.3 cm³/mol. The quantitative estimate of drug-likeness (QED) is 0.827.